The second kappa shape index (κ2) is 10.1. The Balaban J connectivity index is 1.23. The molecule has 0 amide bonds. The Labute approximate surface area is 280 Å². The Hall–Kier alpha value is -5.85. The highest BCUT2D eigenvalue weighted by Crippen LogP contribution is 2.47. The van der Waals surface area contributed by atoms with Crippen LogP contribution in [0.3, 0.4) is 0 Å². The fraction of sp³-hybridized carbons (Fsp3) is 0.0714. The van der Waals surface area contributed by atoms with Crippen LogP contribution in [-0.4, -0.2) is 15.0 Å². The summed E-state index contributed by atoms with van der Waals surface area (Å²) < 4.78 is 15.4. The van der Waals surface area contributed by atoms with Crippen LogP contribution in [0.15, 0.2) is 132 Å². The number of ether oxygens (including phenoxy) is 1. The van der Waals surface area contributed by atoms with Gasteiger partial charge in [0.1, 0.15) is 22.5 Å². The molecule has 0 aliphatic carbocycles. The lowest BCUT2D eigenvalue weighted by Crippen LogP contribution is -2.29. The minimum Gasteiger partial charge on any atom is -0.482 e. The van der Waals surface area contributed by atoms with Crippen molar-refractivity contribution in [2.24, 2.45) is 0 Å². The number of para-hydroxylation sites is 2. The van der Waals surface area contributed by atoms with Gasteiger partial charge in [0.05, 0.1) is 5.56 Å². The first-order chi connectivity index (χ1) is 23.5. The number of furan rings is 1. The lowest BCUT2D eigenvalue weighted by atomic mass is 9.86. The summed E-state index contributed by atoms with van der Waals surface area (Å²) in [5, 5.41) is 4.52. The lowest BCUT2D eigenvalue weighted by Gasteiger charge is -2.35. The molecular formula is C42H27N3O2S. The number of fused-ring (bicyclic) bond motifs is 9. The minimum absolute atomic E-state index is 0.438. The summed E-state index contributed by atoms with van der Waals surface area (Å²) in [6.45, 7) is 4.22. The van der Waals surface area contributed by atoms with Gasteiger partial charge in [-0.2, -0.15) is 0 Å². The Kier molecular flexibility index (Phi) is 5.72. The first kappa shape index (κ1) is 27.3. The molecule has 0 N–H and O–H groups in total. The molecule has 0 bridgehead atoms. The SMILES string of the molecule is CC1(C)Oc2ccc(-c3nc(-c4cccc5c4oc4ccccc45)nc(-c4cccc5c4sc4ccccc45)n3)cc2-c2ccccc21. The Morgan fingerprint density at radius 1 is 0.542 bits per heavy atom. The van der Waals surface area contributed by atoms with Gasteiger partial charge < -0.3 is 9.15 Å². The Bertz CT molecular complexity index is 2630. The van der Waals surface area contributed by atoms with Gasteiger partial charge in [-0.15, -0.1) is 11.3 Å². The Morgan fingerprint density at radius 2 is 1.21 bits per heavy atom. The van der Waals surface area contributed by atoms with Gasteiger partial charge in [-0.25, -0.2) is 15.0 Å². The third-order valence-corrected chi connectivity index (χ3v) is 10.6. The van der Waals surface area contributed by atoms with Gasteiger partial charge in [-0.3, -0.25) is 0 Å². The van der Waals surface area contributed by atoms with Crippen molar-refractivity contribution >= 4 is 53.4 Å². The molecule has 4 heterocycles. The second-order valence-corrected chi connectivity index (χ2v) is 13.8. The maximum absolute atomic E-state index is 6.51. The first-order valence-electron chi connectivity index (χ1n) is 16.0. The van der Waals surface area contributed by atoms with Crippen molar-refractivity contribution in [2.45, 2.75) is 19.4 Å². The van der Waals surface area contributed by atoms with E-state index in [4.69, 9.17) is 24.1 Å². The summed E-state index contributed by atoms with van der Waals surface area (Å²) in [7, 11) is 0. The van der Waals surface area contributed by atoms with E-state index in [2.05, 4.69) is 98.8 Å². The smallest absolute Gasteiger partial charge is 0.167 e. The van der Waals surface area contributed by atoms with Gasteiger partial charge in [0.25, 0.3) is 0 Å². The van der Waals surface area contributed by atoms with E-state index in [1.807, 2.05) is 42.5 Å². The van der Waals surface area contributed by atoms with Gasteiger partial charge in [0, 0.05) is 53.2 Å². The average molecular weight is 638 g/mol. The predicted octanol–water partition coefficient (Wildman–Crippen LogP) is 11.4. The van der Waals surface area contributed by atoms with Gasteiger partial charge >= 0.3 is 0 Å². The minimum atomic E-state index is -0.438. The van der Waals surface area contributed by atoms with Crippen LogP contribution in [0.4, 0.5) is 0 Å². The van der Waals surface area contributed by atoms with E-state index in [-0.39, 0.29) is 0 Å². The van der Waals surface area contributed by atoms with E-state index in [1.165, 1.54) is 15.5 Å². The molecule has 6 heteroatoms. The molecule has 1 aliphatic heterocycles. The second-order valence-electron chi connectivity index (χ2n) is 12.7. The van der Waals surface area contributed by atoms with E-state index in [0.717, 1.165) is 65.8 Å². The number of hydrogen-bond donors (Lipinski definition) is 0. The molecule has 0 fully saturated rings. The quantitative estimate of drug-likeness (QED) is 0.193. The molecule has 0 saturated carbocycles. The molecule has 0 atom stereocenters. The number of hydrogen-bond acceptors (Lipinski definition) is 6. The highest BCUT2D eigenvalue weighted by atomic mass is 32.1. The number of nitrogens with zero attached hydrogens (tertiary/aromatic N) is 3. The summed E-state index contributed by atoms with van der Waals surface area (Å²) in [6, 6.07) is 43.9. The van der Waals surface area contributed by atoms with E-state index >= 15 is 0 Å². The molecule has 6 aromatic carbocycles. The predicted molar refractivity (Wildman–Crippen MR) is 195 cm³/mol. The molecular weight excluding hydrogens is 611 g/mol. The van der Waals surface area contributed by atoms with Crippen LogP contribution in [-0.2, 0) is 5.60 Å². The molecule has 1 aliphatic rings. The largest absolute Gasteiger partial charge is 0.482 e. The topological polar surface area (TPSA) is 61.0 Å². The molecule has 9 aromatic rings. The average Bonchev–Trinajstić information content (AvgIpc) is 3.70. The van der Waals surface area contributed by atoms with Crippen molar-refractivity contribution in [3.05, 3.63) is 133 Å². The fourth-order valence-electron chi connectivity index (χ4n) is 7.13. The van der Waals surface area contributed by atoms with E-state index in [1.54, 1.807) is 11.3 Å². The van der Waals surface area contributed by atoms with E-state index < -0.39 is 5.60 Å². The van der Waals surface area contributed by atoms with Crippen molar-refractivity contribution in [1.82, 2.24) is 15.0 Å². The van der Waals surface area contributed by atoms with Gasteiger partial charge in [-0.1, -0.05) is 84.9 Å². The van der Waals surface area contributed by atoms with Crippen molar-refractivity contribution in [3.8, 4) is 51.0 Å². The van der Waals surface area contributed by atoms with Gasteiger partial charge in [0.15, 0.2) is 17.5 Å². The van der Waals surface area contributed by atoms with Crippen LogP contribution in [0.5, 0.6) is 5.75 Å². The summed E-state index contributed by atoms with van der Waals surface area (Å²) in [6.07, 6.45) is 0. The van der Waals surface area contributed by atoms with Crippen LogP contribution >= 0.6 is 11.3 Å². The lowest BCUT2D eigenvalue weighted by molar-refractivity contribution is 0.106. The molecule has 228 valence electrons. The zero-order chi connectivity index (χ0) is 32.0. The van der Waals surface area contributed by atoms with Gasteiger partial charge in [-0.05, 0) is 61.9 Å². The highest BCUT2D eigenvalue weighted by molar-refractivity contribution is 7.26. The fourth-order valence-corrected chi connectivity index (χ4v) is 8.35. The maximum atomic E-state index is 6.51. The zero-order valence-corrected chi connectivity index (χ0v) is 27.0. The van der Waals surface area contributed by atoms with Crippen LogP contribution in [0.25, 0.3) is 87.4 Å². The molecule has 5 nitrogen and oxygen atoms in total. The van der Waals surface area contributed by atoms with Gasteiger partial charge in [0.2, 0.25) is 0 Å². The van der Waals surface area contributed by atoms with Crippen LogP contribution in [0, 0.1) is 0 Å². The van der Waals surface area contributed by atoms with Crippen molar-refractivity contribution in [3.63, 3.8) is 0 Å². The molecule has 0 unspecified atom stereocenters. The van der Waals surface area contributed by atoms with Crippen LogP contribution in [0.1, 0.15) is 19.4 Å². The normalized spacial score (nSPS) is 13.5. The van der Waals surface area contributed by atoms with E-state index in [9.17, 15) is 0 Å². The molecule has 48 heavy (non-hydrogen) atoms. The molecule has 0 saturated heterocycles. The standard InChI is InChI=1S/C42H27N3O2S/c1-42(2)33-18-6-3-11-25(33)32-23-24(21-22-35(32)47-42)39-43-40(30-16-9-14-28-26-12-4-7-19-34(26)46-37(28)30)45-41(44-39)31-17-10-15-29-27-13-5-8-20-36(27)48-38(29)31/h3-23H,1-2H3. The Morgan fingerprint density at radius 3 is 2.10 bits per heavy atom. The molecule has 3 aromatic heterocycles. The van der Waals surface area contributed by atoms with Crippen molar-refractivity contribution in [2.75, 3.05) is 0 Å². The summed E-state index contributed by atoms with van der Waals surface area (Å²) in [5.74, 6) is 2.62. The van der Waals surface area contributed by atoms with Crippen molar-refractivity contribution in [1.29, 1.82) is 0 Å². The van der Waals surface area contributed by atoms with Crippen molar-refractivity contribution < 1.29 is 9.15 Å². The van der Waals surface area contributed by atoms with Crippen LogP contribution < -0.4 is 4.74 Å². The monoisotopic (exact) mass is 637 g/mol. The maximum Gasteiger partial charge on any atom is 0.167 e. The summed E-state index contributed by atoms with van der Waals surface area (Å²) in [4.78, 5) is 15.5. The summed E-state index contributed by atoms with van der Waals surface area (Å²) >= 11 is 1.77. The third-order valence-electron chi connectivity index (χ3n) is 9.39. The number of thiophene rings is 1. The third kappa shape index (κ3) is 4.06. The molecule has 10 rings (SSSR count). The van der Waals surface area contributed by atoms with E-state index in [0.29, 0.717) is 17.5 Å². The number of aromatic nitrogens is 3. The number of benzene rings is 6. The number of rotatable bonds is 3. The first-order valence-corrected chi connectivity index (χ1v) is 16.8. The molecule has 0 spiro atoms. The van der Waals surface area contributed by atoms with Crippen LogP contribution in [0.2, 0.25) is 0 Å². The molecule has 0 radical (unpaired) electrons. The highest BCUT2D eigenvalue weighted by Gasteiger charge is 2.32. The summed E-state index contributed by atoms with van der Waals surface area (Å²) in [5.41, 5.74) is 7.18. The zero-order valence-electron chi connectivity index (χ0n) is 26.2.